The lowest BCUT2D eigenvalue weighted by Gasteiger charge is -2.61. The second-order valence-corrected chi connectivity index (χ2v) is 19.7. The van der Waals surface area contributed by atoms with Crippen LogP contribution in [0.5, 0.6) is 0 Å². The molecule has 0 unspecified atom stereocenters. The van der Waals surface area contributed by atoms with Gasteiger partial charge in [-0.1, -0.05) is 114 Å². The van der Waals surface area contributed by atoms with Gasteiger partial charge >= 0.3 is 0 Å². The van der Waals surface area contributed by atoms with Gasteiger partial charge in [-0.2, -0.15) is 0 Å². The lowest BCUT2D eigenvalue weighted by Crippen LogP contribution is -2.55. The molecule has 0 radical (unpaired) electrons. The van der Waals surface area contributed by atoms with Crippen LogP contribution in [-0.2, 0) is 21.7 Å². The zero-order chi connectivity index (χ0) is 35.4. The fraction of sp³-hybridized carbons (Fsp3) is 0.412. The summed E-state index contributed by atoms with van der Waals surface area (Å²) in [5.41, 5.74) is 19.3. The first-order valence-electron chi connectivity index (χ1n) is 20.4. The molecule has 5 aromatic carbocycles. The molecule has 7 aliphatic rings. The predicted molar refractivity (Wildman–Crippen MR) is 217 cm³/mol. The van der Waals surface area contributed by atoms with Crippen LogP contribution < -0.4 is 4.90 Å². The first-order chi connectivity index (χ1) is 25.0. The van der Waals surface area contributed by atoms with Gasteiger partial charge in [-0.3, -0.25) is 0 Å². The third-order valence-corrected chi connectivity index (χ3v) is 15.7. The summed E-state index contributed by atoms with van der Waals surface area (Å²) in [6, 6.07) is 41.0. The van der Waals surface area contributed by atoms with E-state index in [2.05, 4.69) is 150 Å². The average molecular weight is 680 g/mol. The second-order valence-electron chi connectivity index (χ2n) is 19.7. The molecule has 0 saturated heterocycles. The highest BCUT2D eigenvalue weighted by molar-refractivity contribution is 5.93. The van der Waals surface area contributed by atoms with Gasteiger partial charge in [0.25, 0.3) is 0 Å². The molecule has 12 rings (SSSR count). The maximum Gasteiger partial charge on any atom is 0.0509 e. The Morgan fingerprint density at radius 2 is 1.00 bits per heavy atom. The molecular weight excluding hydrogens is 627 g/mol. The quantitative estimate of drug-likeness (QED) is 0.183. The van der Waals surface area contributed by atoms with Crippen LogP contribution in [0.1, 0.15) is 120 Å². The van der Waals surface area contributed by atoms with E-state index in [-0.39, 0.29) is 21.7 Å². The molecule has 0 aliphatic heterocycles. The predicted octanol–water partition coefficient (Wildman–Crippen LogP) is 13.5. The Hall–Kier alpha value is -4.10. The van der Waals surface area contributed by atoms with Crippen molar-refractivity contribution in [3.8, 4) is 22.3 Å². The largest absolute Gasteiger partial charge is 0.310 e. The van der Waals surface area contributed by atoms with Crippen molar-refractivity contribution in [1.82, 2.24) is 0 Å². The minimum absolute atomic E-state index is 0.0625. The van der Waals surface area contributed by atoms with E-state index in [1.165, 1.54) is 107 Å². The molecule has 5 aromatic rings. The lowest BCUT2D eigenvalue weighted by atomic mass is 9.43. The van der Waals surface area contributed by atoms with E-state index >= 15 is 0 Å². The number of hydrogen-bond donors (Lipinski definition) is 0. The number of nitrogens with zero attached hydrogens (tertiary/aromatic N) is 1. The molecule has 4 saturated carbocycles. The van der Waals surface area contributed by atoms with E-state index in [0.29, 0.717) is 11.8 Å². The third-order valence-electron chi connectivity index (χ3n) is 15.7. The van der Waals surface area contributed by atoms with Crippen molar-refractivity contribution < 1.29 is 0 Å². The summed E-state index contributed by atoms with van der Waals surface area (Å²) in [6.07, 6.45) is 9.48. The molecular formula is C51H53N. The minimum Gasteiger partial charge on any atom is -0.310 e. The van der Waals surface area contributed by atoms with E-state index in [1.54, 1.807) is 11.1 Å². The third kappa shape index (κ3) is 3.96. The smallest absolute Gasteiger partial charge is 0.0509 e. The van der Waals surface area contributed by atoms with Crippen molar-refractivity contribution in [2.75, 3.05) is 4.90 Å². The SMILES string of the molecule is CC1(C)CCC(C)(C)c2cc(N(c3ccc4c(c3)C(C)(C)c3ccccc3-4)c3cccc4c3C3(c5ccccc5-4)C4CC5CC(C4)CC3C5)ccc21. The van der Waals surface area contributed by atoms with E-state index in [1.807, 2.05) is 0 Å². The molecule has 0 amide bonds. The first kappa shape index (κ1) is 31.4. The molecule has 0 heterocycles. The second kappa shape index (κ2) is 10.3. The van der Waals surface area contributed by atoms with Gasteiger partial charge in [-0.05, 0) is 165 Å². The van der Waals surface area contributed by atoms with Gasteiger partial charge in [0.2, 0.25) is 0 Å². The van der Waals surface area contributed by atoms with Crippen LogP contribution in [-0.4, -0.2) is 0 Å². The zero-order valence-corrected chi connectivity index (χ0v) is 32.0. The molecule has 7 aliphatic carbocycles. The summed E-state index contributed by atoms with van der Waals surface area (Å²) in [5.74, 6) is 3.26. The monoisotopic (exact) mass is 679 g/mol. The number of fused-ring (bicyclic) bond motifs is 7. The molecule has 4 bridgehead atoms. The molecule has 0 aromatic heterocycles. The fourth-order valence-corrected chi connectivity index (χ4v) is 13.3. The van der Waals surface area contributed by atoms with Crippen LogP contribution in [0, 0.1) is 23.7 Å². The summed E-state index contributed by atoms with van der Waals surface area (Å²) >= 11 is 0. The highest BCUT2D eigenvalue weighted by Gasteiger charge is 2.62. The maximum absolute atomic E-state index is 2.72. The minimum atomic E-state index is -0.0625. The number of rotatable bonds is 3. The summed E-state index contributed by atoms with van der Waals surface area (Å²) < 4.78 is 0. The number of anilines is 3. The Balaban J connectivity index is 1.19. The van der Waals surface area contributed by atoms with Crippen molar-refractivity contribution >= 4 is 17.1 Å². The van der Waals surface area contributed by atoms with Gasteiger partial charge in [0.1, 0.15) is 0 Å². The number of hydrogen-bond acceptors (Lipinski definition) is 1. The molecule has 0 N–H and O–H groups in total. The van der Waals surface area contributed by atoms with E-state index in [0.717, 1.165) is 11.8 Å². The molecule has 1 nitrogen and oxygen atoms in total. The Morgan fingerprint density at radius 3 is 1.69 bits per heavy atom. The van der Waals surface area contributed by atoms with Crippen LogP contribution in [0.4, 0.5) is 17.1 Å². The highest BCUT2D eigenvalue weighted by Crippen LogP contribution is 2.71. The van der Waals surface area contributed by atoms with Crippen molar-refractivity contribution in [3.63, 3.8) is 0 Å². The normalized spacial score (nSPS) is 28.6. The van der Waals surface area contributed by atoms with Gasteiger partial charge in [-0.25, -0.2) is 0 Å². The van der Waals surface area contributed by atoms with Crippen molar-refractivity contribution in [3.05, 3.63) is 137 Å². The topological polar surface area (TPSA) is 3.24 Å². The summed E-state index contributed by atoms with van der Waals surface area (Å²) in [6.45, 7) is 14.7. The van der Waals surface area contributed by atoms with Crippen LogP contribution in [0.3, 0.4) is 0 Å². The van der Waals surface area contributed by atoms with Gasteiger partial charge in [-0.15, -0.1) is 0 Å². The van der Waals surface area contributed by atoms with Crippen molar-refractivity contribution in [2.45, 2.75) is 108 Å². The summed E-state index contributed by atoms with van der Waals surface area (Å²) in [5, 5.41) is 0. The fourth-order valence-electron chi connectivity index (χ4n) is 13.3. The van der Waals surface area contributed by atoms with Crippen LogP contribution in [0.15, 0.2) is 103 Å². The lowest BCUT2D eigenvalue weighted by molar-refractivity contribution is -0.0397. The Labute approximate surface area is 311 Å². The Morgan fingerprint density at radius 1 is 0.462 bits per heavy atom. The Bertz CT molecular complexity index is 2290. The van der Waals surface area contributed by atoms with Gasteiger partial charge < -0.3 is 4.90 Å². The highest BCUT2D eigenvalue weighted by atomic mass is 15.1. The first-order valence-corrected chi connectivity index (χ1v) is 20.4. The van der Waals surface area contributed by atoms with Crippen molar-refractivity contribution in [2.24, 2.45) is 23.7 Å². The molecule has 262 valence electrons. The van der Waals surface area contributed by atoms with E-state index in [9.17, 15) is 0 Å². The summed E-state index contributed by atoms with van der Waals surface area (Å²) in [7, 11) is 0. The van der Waals surface area contributed by atoms with Crippen molar-refractivity contribution in [1.29, 1.82) is 0 Å². The average Bonchev–Trinajstić information content (AvgIpc) is 3.56. The molecule has 1 spiro atoms. The van der Waals surface area contributed by atoms with Crippen LogP contribution >= 0.6 is 0 Å². The standard InChI is InChI=1S/C51H53N/c1-48(2)22-23-49(3,4)45-30-36(19-21-43(45)48)52(35-18-20-39-37-12-7-9-15-41(37)50(5,6)44(39)29-35)46-17-11-14-40-38-13-8-10-16-42(38)51(47(40)46)33-25-31-24-32(27-33)28-34(51)26-31/h7-21,29-34H,22-28H2,1-6H3. The van der Waals surface area contributed by atoms with E-state index in [4.69, 9.17) is 0 Å². The Kier molecular flexibility index (Phi) is 6.23. The molecule has 1 heteroatoms. The van der Waals surface area contributed by atoms with Crippen LogP contribution in [0.2, 0.25) is 0 Å². The molecule has 0 atom stereocenters. The van der Waals surface area contributed by atoms with Gasteiger partial charge in [0.05, 0.1) is 5.69 Å². The van der Waals surface area contributed by atoms with E-state index < -0.39 is 0 Å². The van der Waals surface area contributed by atoms with Gasteiger partial charge in [0.15, 0.2) is 0 Å². The maximum atomic E-state index is 2.72. The van der Waals surface area contributed by atoms with Gasteiger partial charge in [0, 0.05) is 22.2 Å². The molecule has 4 fully saturated rings. The zero-order valence-electron chi connectivity index (χ0n) is 32.0. The number of benzene rings is 5. The summed E-state index contributed by atoms with van der Waals surface area (Å²) in [4.78, 5) is 2.72. The molecule has 52 heavy (non-hydrogen) atoms. The van der Waals surface area contributed by atoms with Crippen LogP contribution in [0.25, 0.3) is 22.3 Å².